The highest BCUT2D eigenvalue weighted by atomic mass is 16.6. The molecule has 0 amide bonds. The zero-order valence-corrected chi connectivity index (χ0v) is 33.1. The maximum atomic E-state index is 12.8. The van der Waals surface area contributed by atoms with Crippen LogP contribution in [0, 0.1) is 23.7 Å². The Hall–Kier alpha value is -3.02. The van der Waals surface area contributed by atoms with Crippen LogP contribution < -0.4 is 9.47 Å². The van der Waals surface area contributed by atoms with E-state index < -0.39 is 24.1 Å². The van der Waals surface area contributed by atoms with E-state index in [0.29, 0.717) is 24.3 Å². The quantitative estimate of drug-likeness (QED) is 0.0841. The molecular weight excluding hydrogens is 648 g/mol. The first-order chi connectivity index (χ1) is 25.3. The zero-order chi connectivity index (χ0) is 37.0. The SMILES string of the molecule is CCCCCC1CCC(CCCOc2ccc(C(=O)OC(C)C(C)OC(=O)c3ccc(OCCCC4CCC(CCCCC)CC4)cc3)cc2)CC1. The third-order valence-corrected chi connectivity index (χ3v) is 11.8. The first-order valence-corrected chi connectivity index (χ1v) is 21.2. The predicted molar refractivity (Wildman–Crippen MR) is 211 cm³/mol. The number of unbranched alkanes of at least 4 members (excludes halogenated alkanes) is 4. The summed E-state index contributed by atoms with van der Waals surface area (Å²) in [6.45, 7) is 9.42. The molecule has 2 atom stereocenters. The molecule has 4 rings (SSSR count). The minimum Gasteiger partial charge on any atom is -0.494 e. The maximum Gasteiger partial charge on any atom is 0.338 e. The van der Waals surface area contributed by atoms with Crippen molar-refractivity contribution >= 4 is 11.9 Å². The van der Waals surface area contributed by atoms with Crippen molar-refractivity contribution in [2.75, 3.05) is 13.2 Å². The largest absolute Gasteiger partial charge is 0.494 e. The molecule has 6 nitrogen and oxygen atoms in total. The summed E-state index contributed by atoms with van der Waals surface area (Å²) in [4.78, 5) is 25.7. The Morgan fingerprint density at radius 1 is 0.500 bits per heavy atom. The van der Waals surface area contributed by atoms with Gasteiger partial charge in [0, 0.05) is 0 Å². The van der Waals surface area contributed by atoms with Gasteiger partial charge in [0.2, 0.25) is 0 Å². The first kappa shape index (κ1) is 41.7. The molecule has 0 aromatic heterocycles. The van der Waals surface area contributed by atoms with Crippen molar-refractivity contribution in [2.45, 2.75) is 168 Å². The van der Waals surface area contributed by atoms with Crippen molar-refractivity contribution in [1.82, 2.24) is 0 Å². The van der Waals surface area contributed by atoms with E-state index in [4.69, 9.17) is 18.9 Å². The van der Waals surface area contributed by atoms with Gasteiger partial charge in [0.1, 0.15) is 23.7 Å². The molecule has 2 saturated carbocycles. The molecule has 290 valence electrons. The van der Waals surface area contributed by atoms with Crippen molar-refractivity contribution in [2.24, 2.45) is 23.7 Å². The van der Waals surface area contributed by atoms with Crippen molar-refractivity contribution in [3.05, 3.63) is 59.7 Å². The number of esters is 2. The van der Waals surface area contributed by atoms with Gasteiger partial charge in [0.25, 0.3) is 0 Å². The Bertz CT molecular complexity index is 1160. The van der Waals surface area contributed by atoms with Crippen LogP contribution in [0.25, 0.3) is 0 Å². The summed E-state index contributed by atoms with van der Waals surface area (Å²) in [5, 5.41) is 0. The molecule has 2 aromatic rings. The fourth-order valence-electron chi connectivity index (χ4n) is 8.15. The van der Waals surface area contributed by atoms with Gasteiger partial charge in [-0.2, -0.15) is 0 Å². The van der Waals surface area contributed by atoms with Crippen LogP contribution in [-0.2, 0) is 9.47 Å². The van der Waals surface area contributed by atoms with E-state index in [-0.39, 0.29) is 0 Å². The second-order valence-electron chi connectivity index (χ2n) is 16.0. The standard InChI is InChI=1S/C46H70O6/c1-5-7-9-13-37-17-21-39(22-18-37)15-11-33-49-43-29-25-41(26-30-43)45(47)51-35(3)36(4)52-46(48)42-27-31-44(32-28-42)50-34-12-16-40-23-19-38(20-24-40)14-10-8-6-2/h25-32,35-40H,5-24,33-34H2,1-4H3. The lowest BCUT2D eigenvalue weighted by molar-refractivity contribution is -0.0239. The Kier molecular flexibility index (Phi) is 18.9. The lowest BCUT2D eigenvalue weighted by atomic mass is 9.78. The van der Waals surface area contributed by atoms with E-state index >= 15 is 0 Å². The molecule has 0 saturated heterocycles. The van der Waals surface area contributed by atoms with Gasteiger partial charge >= 0.3 is 11.9 Å². The van der Waals surface area contributed by atoms with E-state index in [0.717, 1.165) is 48.0 Å². The number of ether oxygens (including phenoxy) is 4. The summed E-state index contributed by atoms with van der Waals surface area (Å²) >= 11 is 0. The van der Waals surface area contributed by atoms with E-state index in [2.05, 4.69) is 13.8 Å². The normalized spacial score (nSPS) is 21.5. The van der Waals surface area contributed by atoms with Crippen LogP contribution >= 0.6 is 0 Å². The lowest BCUT2D eigenvalue weighted by Crippen LogP contribution is -2.30. The first-order valence-electron chi connectivity index (χ1n) is 21.2. The maximum absolute atomic E-state index is 12.8. The number of carbonyl (C=O) groups excluding carboxylic acids is 2. The van der Waals surface area contributed by atoms with Gasteiger partial charge in [0.05, 0.1) is 24.3 Å². The van der Waals surface area contributed by atoms with Gasteiger partial charge in [-0.1, -0.05) is 117 Å². The zero-order valence-electron chi connectivity index (χ0n) is 33.1. The highest BCUT2D eigenvalue weighted by molar-refractivity contribution is 5.90. The molecule has 0 radical (unpaired) electrons. The Morgan fingerprint density at radius 2 is 0.808 bits per heavy atom. The smallest absolute Gasteiger partial charge is 0.338 e. The topological polar surface area (TPSA) is 71.1 Å². The highest BCUT2D eigenvalue weighted by Gasteiger charge is 2.24. The Balaban J connectivity index is 1.06. The average molecular weight is 719 g/mol. The van der Waals surface area contributed by atoms with Crippen LogP contribution in [0.5, 0.6) is 11.5 Å². The molecule has 0 spiro atoms. The second-order valence-corrected chi connectivity index (χ2v) is 16.0. The molecule has 2 aliphatic carbocycles. The Morgan fingerprint density at radius 3 is 1.12 bits per heavy atom. The molecule has 2 aliphatic rings. The molecule has 0 heterocycles. The Labute approximate surface area is 316 Å². The van der Waals surface area contributed by atoms with Crippen LogP contribution in [-0.4, -0.2) is 37.4 Å². The molecule has 0 bridgehead atoms. The second kappa shape index (κ2) is 23.6. The van der Waals surface area contributed by atoms with E-state index in [1.807, 2.05) is 24.3 Å². The number of rotatable bonds is 23. The number of hydrogen-bond donors (Lipinski definition) is 0. The van der Waals surface area contributed by atoms with Gasteiger partial charge in [0.15, 0.2) is 0 Å². The van der Waals surface area contributed by atoms with Crippen LogP contribution in [0.1, 0.15) is 177 Å². The molecule has 0 N–H and O–H groups in total. The predicted octanol–water partition coefficient (Wildman–Crippen LogP) is 12.6. The third kappa shape index (κ3) is 15.1. The van der Waals surface area contributed by atoms with Crippen molar-refractivity contribution in [1.29, 1.82) is 0 Å². The summed E-state index contributed by atoms with van der Waals surface area (Å²) in [7, 11) is 0. The van der Waals surface area contributed by atoms with Crippen molar-refractivity contribution < 1.29 is 28.5 Å². The van der Waals surface area contributed by atoms with Crippen LogP contribution in [0.15, 0.2) is 48.5 Å². The summed E-state index contributed by atoms with van der Waals surface area (Å²) < 4.78 is 23.2. The molecule has 2 unspecified atom stereocenters. The summed E-state index contributed by atoms with van der Waals surface area (Å²) in [6, 6.07) is 14.2. The van der Waals surface area contributed by atoms with Gasteiger partial charge in [-0.25, -0.2) is 9.59 Å². The van der Waals surface area contributed by atoms with Crippen molar-refractivity contribution in [3.63, 3.8) is 0 Å². The summed E-state index contributed by atoms with van der Waals surface area (Å²) in [6.07, 6.45) is 25.4. The van der Waals surface area contributed by atoms with Crippen molar-refractivity contribution in [3.8, 4) is 11.5 Å². The van der Waals surface area contributed by atoms with Gasteiger partial charge in [-0.05, 0) is 112 Å². The van der Waals surface area contributed by atoms with Gasteiger partial charge < -0.3 is 18.9 Å². The van der Waals surface area contributed by atoms with E-state index in [9.17, 15) is 9.59 Å². The number of benzene rings is 2. The highest BCUT2D eigenvalue weighted by Crippen LogP contribution is 2.35. The minimum absolute atomic E-state index is 0.439. The fraction of sp³-hybridized carbons (Fsp3) is 0.696. The number of carbonyl (C=O) groups is 2. The van der Waals surface area contributed by atoms with E-state index in [1.165, 1.54) is 116 Å². The monoisotopic (exact) mass is 719 g/mol. The third-order valence-electron chi connectivity index (χ3n) is 11.8. The van der Waals surface area contributed by atoms with Gasteiger partial charge in [-0.15, -0.1) is 0 Å². The molecule has 0 aliphatic heterocycles. The average Bonchev–Trinajstić information content (AvgIpc) is 3.17. The lowest BCUT2D eigenvalue weighted by Gasteiger charge is -2.28. The van der Waals surface area contributed by atoms with Crippen LogP contribution in [0.2, 0.25) is 0 Å². The molecule has 2 aromatic carbocycles. The number of hydrogen-bond acceptors (Lipinski definition) is 6. The minimum atomic E-state index is -0.613. The van der Waals surface area contributed by atoms with Gasteiger partial charge in [-0.3, -0.25) is 0 Å². The molecule has 52 heavy (non-hydrogen) atoms. The molecule has 6 heteroatoms. The summed E-state index contributed by atoms with van der Waals surface area (Å²) in [5.74, 6) is 4.19. The summed E-state index contributed by atoms with van der Waals surface area (Å²) in [5.41, 5.74) is 0.878. The fourth-order valence-corrected chi connectivity index (χ4v) is 8.15. The van der Waals surface area contributed by atoms with Crippen LogP contribution in [0.4, 0.5) is 0 Å². The van der Waals surface area contributed by atoms with E-state index in [1.54, 1.807) is 38.1 Å². The molecular formula is C46H70O6. The van der Waals surface area contributed by atoms with Crippen LogP contribution in [0.3, 0.4) is 0 Å². The molecule has 2 fully saturated rings.